The first-order chi connectivity index (χ1) is 7.47. The van der Waals surface area contributed by atoms with Crippen LogP contribution in [0.4, 0.5) is 0 Å². The van der Waals surface area contributed by atoms with Gasteiger partial charge in [-0.25, -0.2) is 0 Å². The SMILES string of the molecule is CC(C)(C)c1ccc(-c2nnc(I)s2)cc1. The minimum absolute atomic E-state index is 0.202. The lowest BCUT2D eigenvalue weighted by atomic mass is 9.87. The van der Waals surface area contributed by atoms with Gasteiger partial charge in [0.25, 0.3) is 0 Å². The summed E-state index contributed by atoms with van der Waals surface area (Å²) in [7, 11) is 0. The normalized spacial score (nSPS) is 11.8. The third-order valence-corrected chi connectivity index (χ3v) is 4.04. The Bertz CT molecular complexity index is 482. The van der Waals surface area contributed by atoms with Crippen molar-refractivity contribution >= 4 is 33.9 Å². The van der Waals surface area contributed by atoms with E-state index in [1.54, 1.807) is 11.3 Å². The first-order valence-electron chi connectivity index (χ1n) is 5.07. The number of hydrogen-bond donors (Lipinski definition) is 0. The maximum atomic E-state index is 4.14. The zero-order chi connectivity index (χ0) is 11.8. The van der Waals surface area contributed by atoms with Gasteiger partial charge in [0.1, 0.15) is 5.01 Å². The minimum atomic E-state index is 0.202. The van der Waals surface area contributed by atoms with Crippen LogP contribution in [-0.4, -0.2) is 10.2 Å². The highest BCUT2D eigenvalue weighted by molar-refractivity contribution is 14.1. The van der Waals surface area contributed by atoms with Crippen LogP contribution in [0.5, 0.6) is 0 Å². The van der Waals surface area contributed by atoms with Crippen molar-refractivity contribution in [3.05, 3.63) is 32.8 Å². The van der Waals surface area contributed by atoms with Crippen LogP contribution in [-0.2, 0) is 5.41 Å². The van der Waals surface area contributed by atoms with E-state index < -0.39 is 0 Å². The molecule has 0 aliphatic rings. The Balaban J connectivity index is 2.33. The number of nitrogens with zero attached hydrogens (tertiary/aromatic N) is 2. The van der Waals surface area contributed by atoms with Gasteiger partial charge in [0.2, 0.25) is 0 Å². The van der Waals surface area contributed by atoms with Crippen LogP contribution >= 0.6 is 33.9 Å². The summed E-state index contributed by atoms with van der Waals surface area (Å²) >= 11 is 3.81. The molecule has 0 unspecified atom stereocenters. The summed E-state index contributed by atoms with van der Waals surface area (Å²) in [6.45, 7) is 6.65. The van der Waals surface area contributed by atoms with E-state index in [1.165, 1.54) is 5.56 Å². The fourth-order valence-corrected chi connectivity index (χ4v) is 2.75. The summed E-state index contributed by atoms with van der Waals surface area (Å²) < 4.78 is 0.979. The predicted molar refractivity (Wildman–Crippen MR) is 76.8 cm³/mol. The molecule has 0 N–H and O–H groups in total. The molecule has 16 heavy (non-hydrogen) atoms. The van der Waals surface area contributed by atoms with Crippen molar-refractivity contribution in [2.24, 2.45) is 0 Å². The lowest BCUT2D eigenvalue weighted by Gasteiger charge is -2.18. The van der Waals surface area contributed by atoms with Crippen molar-refractivity contribution in [1.82, 2.24) is 10.2 Å². The maximum Gasteiger partial charge on any atom is 0.178 e. The van der Waals surface area contributed by atoms with Crippen LogP contribution in [0.1, 0.15) is 26.3 Å². The summed E-state index contributed by atoms with van der Waals surface area (Å²) in [6.07, 6.45) is 0. The molecule has 1 aromatic carbocycles. The topological polar surface area (TPSA) is 25.8 Å². The Hall–Kier alpha value is -0.490. The third-order valence-electron chi connectivity index (χ3n) is 2.40. The van der Waals surface area contributed by atoms with Crippen molar-refractivity contribution < 1.29 is 0 Å². The van der Waals surface area contributed by atoms with Gasteiger partial charge in [-0.1, -0.05) is 56.4 Å². The Kier molecular flexibility index (Phi) is 3.30. The van der Waals surface area contributed by atoms with E-state index in [0.29, 0.717) is 0 Å². The summed E-state index contributed by atoms with van der Waals surface area (Å²) in [5.41, 5.74) is 2.69. The third kappa shape index (κ3) is 2.60. The monoisotopic (exact) mass is 344 g/mol. The molecule has 4 heteroatoms. The van der Waals surface area contributed by atoms with Gasteiger partial charge in [-0.3, -0.25) is 0 Å². The summed E-state index contributed by atoms with van der Waals surface area (Å²) in [4.78, 5) is 0. The quantitative estimate of drug-likeness (QED) is 0.728. The van der Waals surface area contributed by atoms with E-state index in [-0.39, 0.29) is 5.41 Å². The van der Waals surface area contributed by atoms with Gasteiger partial charge in [0, 0.05) is 5.56 Å². The second-order valence-electron chi connectivity index (χ2n) is 4.69. The van der Waals surface area contributed by atoms with Crippen LogP contribution in [0, 0.1) is 3.01 Å². The molecule has 2 nitrogen and oxygen atoms in total. The van der Waals surface area contributed by atoms with Crippen molar-refractivity contribution in [3.63, 3.8) is 0 Å². The van der Waals surface area contributed by atoms with Crippen molar-refractivity contribution in [2.75, 3.05) is 0 Å². The van der Waals surface area contributed by atoms with Crippen molar-refractivity contribution in [2.45, 2.75) is 26.2 Å². The van der Waals surface area contributed by atoms with E-state index in [2.05, 4.69) is 77.8 Å². The molecule has 0 saturated carbocycles. The largest absolute Gasteiger partial charge is 0.178 e. The molecule has 0 amide bonds. The van der Waals surface area contributed by atoms with Crippen molar-refractivity contribution in [1.29, 1.82) is 0 Å². The van der Waals surface area contributed by atoms with E-state index in [4.69, 9.17) is 0 Å². The molecule has 0 aliphatic carbocycles. The second kappa shape index (κ2) is 4.41. The van der Waals surface area contributed by atoms with E-state index >= 15 is 0 Å². The van der Waals surface area contributed by atoms with Gasteiger partial charge >= 0.3 is 0 Å². The Morgan fingerprint density at radius 1 is 1.06 bits per heavy atom. The first-order valence-corrected chi connectivity index (χ1v) is 6.96. The van der Waals surface area contributed by atoms with Gasteiger partial charge in [0.05, 0.1) is 0 Å². The zero-order valence-electron chi connectivity index (χ0n) is 9.49. The average molecular weight is 344 g/mol. The van der Waals surface area contributed by atoms with Gasteiger partial charge in [-0.15, -0.1) is 10.2 Å². The molecule has 0 saturated heterocycles. The van der Waals surface area contributed by atoms with Crippen molar-refractivity contribution in [3.8, 4) is 10.6 Å². The molecule has 0 atom stereocenters. The molecule has 2 aromatic rings. The lowest BCUT2D eigenvalue weighted by molar-refractivity contribution is 0.590. The fourth-order valence-electron chi connectivity index (χ4n) is 1.43. The number of benzene rings is 1. The van der Waals surface area contributed by atoms with E-state index in [1.807, 2.05) is 0 Å². The molecule has 1 heterocycles. The molecular weight excluding hydrogens is 331 g/mol. The van der Waals surface area contributed by atoms with Crippen LogP contribution in [0.3, 0.4) is 0 Å². The zero-order valence-corrected chi connectivity index (χ0v) is 12.5. The number of aromatic nitrogens is 2. The van der Waals surface area contributed by atoms with Crippen LogP contribution in [0.15, 0.2) is 24.3 Å². The van der Waals surface area contributed by atoms with E-state index in [9.17, 15) is 0 Å². The molecule has 0 fully saturated rings. The summed E-state index contributed by atoms with van der Waals surface area (Å²) in [5.74, 6) is 0. The van der Waals surface area contributed by atoms with Gasteiger partial charge < -0.3 is 0 Å². The van der Waals surface area contributed by atoms with Gasteiger partial charge in [0.15, 0.2) is 3.01 Å². The molecule has 1 aromatic heterocycles. The summed E-state index contributed by atoms with van der Waals surface area (Å²) in [5, 5.41) is 9.15. The molecule has 0 spiro atoms. The maximum absolute atomic E-state index is 4.14. The number of rotatable bonds is 1. The van der Waals surface area contributed by atoms with Crippen LogP contribution in [0.25, 0.3) is 10.6 Å². The van der Waals surface area contributed by atoms with Crippen LogP contribution in [0.2, 0.25) is 0 Å². The Morgan fingerprint density at radius 3 is 2.12 bits per heavy atom. The Morgan fingerprint density at radius 2 is 1.69 bits per heavy atom. The van der Waals surface area contributed by atoms with Gasteiger partial charge in [-0.05, 0) is 33.6 Å². The first kappa shape index (κ1) is 12.0. The Labute approximate surface area is 113 Å². The molecule has 2 rings (SSSR count). The average Bonchev–Trinajstić information content (AvgIpc) is 2.64. The molecule has 84 valence electrons. The van der Waals surface area contributed by atoms with Gasteiger partial charge in [-0.2, -0.15) is 0 Å². The standard InChI is InChI=1S/C12H13IN2S/c1-12(2,3)9-6-4-8(5-7-9)10-14-15-11(13)16-10/h4-7H,1-3H3. The van der Waals surface area contributed by atoms with Crippen LogP contribution < -0.4 is 0 Å². The minimum Gasteiger partial charge on any atom is -0.137 e. The number of hydrogen-bond acceptors (Lipinski definition) is 3. The molecule has 0 aliphatic heterocycles. The predicted octanol–water partition coefficient (Wildman–Crippen LogP) is 4.11. The second-order valence-corrected chi connectivity index (χ2v) is 7.42. The summed E-state index contributed by atoms with van der Waals surface area (Å²) in [6, 6.07) is 8.58. The molecule has 0 bridgehead atoms. The smallest absolute Gasteiger partial charge is 0.137 e. The fraction of sp³-hybridized carbons (Fsp3) is 0.333. The molecular formula is C12H13IN2S. The molecule has 0 radical (unpaired) electrons. The lowest BCUT2D eigenvalue weighted by Crippen LogP contribution is -2.10. The highest BCUT2D eigenvalue weighted by atomic mass is 127. The highest BCUT2D eigenvalue weighted by Crippen LogP contribution is 2.28. The highest BCUT2D eigenvalue weighted by Gasteiger charge is 2.13. The van der Waals surface area contributed by atoms with E-state index in [0.717, 1.165) is 13.6 Å². The number of halogens is 1.